The first-order valence-corrected chi connectivity index (χ1v) is 7.39. The highest BCUT2D eigenvalue weighted by molar-refractivity contribution is 5.95. The first kappa shape index (κ1) is 20.2. The molecule has 1 saturated heterocycles. The van der Waals surface area contributed by atoms with Gasteiger partial charge in [0, 0.05) is 49.3 Å². The molecule has 0 unspecified atom stereocenters. The molecule has 2 N–H and O–H groups in total. The van der Waals surface area contributed by atoms with Gasteiger partial charge < -0.3 is 15.5 Å². The minimum atomic E-state index is 0. The Morgan fingerprint density at radius 2 is 2.17 bits per heavy atom. The molecule has 24 heavy (non-hydrogen) atoms. The minimum absolute atomic E-state index is 0. The minimum Gasteiger partial charge on any atom is -0.339 e. The van der Waals surface area contributed by atoms with Crippen molar-refractivity contribution < 1.29 is 4.79 Å². The molecule has 1 aromatic heterocycles. The smallest absolute Gasteiger partial charge is 0.254 e. The van der Waals surface area contributed by atoms with E-state index in [-0.39, 0.29) is 36.8 Å². The molecule has 1 atom stereocenters. The Bertz CT molecular complexity index is 656. The molecule has 6 nitrogen and oxygen atoms in total. The number of piperazine rings is 1. The maximum atomic E-state index is 12.7. The summed E-state index contributed by atoms with van der Waals surface area (Å²) in [4.78, 5) is 22.8. The van der Waals surface area contributed by atoms with Crippen LogP contribution in [0.4, 0.5) is 11.5 Å². The van der Waals surface area contributed by atoms with Crippen LogP contribution in [-0.4, -0.2) is 46.5 Å². The maximum absolute atomic E-state index is 12.7. The molecule has 3 rings (SSSR count). The zero-order valence-corrected chi connectivity index (χ0v) is 14.9. The number of amides is 1. The summed E-state index contributed by atoms with van der Waals surface area (Å²) in [6.45, 7) is 4.48. The summed E-state index contributed by atoms with van der Waals surface area (Å²) in [7, 11) is 0. The van der Waals surface area contributed by atoms with Crippen molar-refractivity contribution in [3.63, 3.8) is 0 Å². The van der Waals surface area contributed by atoms with Crippen LogP contribution in [0.5, 0.6) is 0 Å². The third-order valence-corrected chi connectivity index (χ3v) is 3.71. The van der Waals surface area contributed by atoms with Crippen molar-refractivity contribution in [3.05, 3.63) is 48.4 Å². The lowest BCUT2D eigenvalue weighted by Gasteiger charge is -2.34. The maximum Gasteiger partial charge on any atom is 0.254 e. The van der Waals surface area contributed by atoms with E-state index in [1.165, 1.54) is 0 Å². The van der Waals surface area contributed by atoms with E-state index in [1.54, 1.807) is 18.6 Å². The summed E-state index contributed by atoms with van der Waals surface area (Å²) < 4.78 is 0. The third kappa shape index (κ3) is 4.80. The molecule has 2 heterocycles. The second-order valence-electron chi connectivity index (χ2n) is 5.35. The van der Waals surface area contributed by atoms with Crippen LogP contribution >= 0.6 is 24.8 Å². The van der Waals surface area contributed by atoms with Crippen molar-refractivity contribution in [3.8, 4) is 0 Å². The second-order valence-corrected chi connectivity index (χ2v) is 5.35. The lowest BCUT2D eigenvalue weighted by Crippen LogP contribution is -2.52. The monoisotopic (exact) mass is 369 g/mol. The number of rotatable bonds is 3. The van der Waals surface area contributed by atoms with E-state index in [4.69, 9.17) is 0 Å². The number of anilines is 2. The zero-order valence-electron chi connectivity index (χ0n) is 13.3. The summed E-state index contributed by atoms with van der Waals surface area (Å²) in [5.41, 5.74) is 1.51. The van der Waals surface area contributed by atoms with E-state index in [1.807, 2.05) is 29.2 Å². The van der Waals surface area contributed by atoms with Gasteiger partial charge in [0.15, 0.2) is 0 Å². The highest BCUT2D eigenvalue weighted by Crippen LogP contribution is 2.17. The van der Waals surface area contributed by atoms with Crippen LogP contribution in [0.2, 0.25) is 0 Å². The Balaban J connectivity index is 0.00000144. The lowest BCUT2D eigenvalue weighted by molar-refractivity contribution is 0.0656. The molecule has 130 valence electrons. The van der Waals surface area contributed by atoms with E-state index in [2.05, 4.69) is 27.5 Å². The molecule has 1 aliphatic rings. The van der Waals surface area contributed by atoms with Crippen molar-refractivity contribution in [1.29, 1.82) is 0 Å². The van der Waals surface area contributed by atoms with E-state index in [9.17, 15) is 4.79 Å². The normalized spacial score (nSPS) is 16.5. The number of carbonyl (C=O) groups is 1. The number of hydrogen-bond acceptors (Lipinski definition) is 5. The van der Waals surface area contributed by atoms with Crippen molar-refractivity contribution in [2.24, 2.45) is 0 Å². The fraction of sp³-hybridized carbons (Fsp3) is 0.312. The van der Waals surface area contributed by atoms with Crippen LogP contribution < -0.4 is 10.6 Å². The Hall–Kier alpha value is -1.89. The molecule has 8 heteroatoms. The van der Waals surface area contributed by atoms with Gasteiger partial charge in [-0.05, 0) is 25.1 Å². The molecule has 1 fully saturated rings. The summed E-state index contributed by atoms with van der Waals surface area (Å²) >= 11 is 0. The number of nitrogens with zero attached hydrogens (tertiary/aromatic N) is 3. The third-order valence-electron chi connectivity index (χ3n) is 3.71. The molecule has 0 saturated carbocycles. The van der Waals surface area contributed by atoms with Crippen LogP contribution in [0.3, 0.4) is 0 Å². The number of halogens is 2. The van der Waals surface area contributed by atoms with Gasteiger partial charge in [-0.2, -0.15) is 0 Å². The predicted octanol–water partition coefficient (Wildman–Crippen LogP) is 2.50. The molecule has 0 spiro atoms. The molecule has 1 aliphatic heterocycles. The van der Waals surface area contributed by atoms with Gasteiger partial charge in [-0.25, -0.2) is 4.98 Å². The molecular weight excluding hydrogens is 349 g/mol. The van der Waals surface area contributed by atoms with Gasteiger partial charge in [-0.1, -0.05) is 6.07 Å². The molecule has 0 radical (unpaired) electrons. The Kier molecular flexibility index (Phi) is 7.91. The van der Waals surface area contributed by atoms with Gasteiger partial charge in [-0.15, -0.1) is 24.8 Å². The number of carbonyl (C=O) groups excluding carboxylic acids is 1. The van der Waals surface area contributed by atoms with Gasteiger partial charge in [0.25, 0.3) is 5.91 Å². The fourth-order valence-electron chi connectivity index (χ4n) is 2.55. The van der Waals surface area contributed by atoms with E-state index in [0.717, 1.165) is 25.3 Å². The molecule has 0 bridgehead atoms. The van der Waals surface area contributed by atoms with Crippen LogP contribution in [0.15, 0.2) is 42.9 Å². The van der Waals surface area contributed by atoms with Crippen LogP contribution in [0, 0.1) is 0 Å². The summed E-state index contributed by atoms with van der Waals surface area (Å²) in [6, 6.07) is 7.69. The van der Waals surface area contributed by atoms with Gasteiger partial charge in [0.1, 0.15) is 5.82 Å². The van der Waals surface area contributed by atoms with Crippen LogP contribution in [0.1, 0.15) is 17.3 Å². The van der Waals surface area contributed by atoms with Crippen molar-refractivity contribution in [2.45, 2.75) is 13.0 Å². The quantitative estimate of drug-likeness (QED) is 0.869. The second kappa shape index (κ2) is 9.42. The predicted molar refractivity (Wildman–Crippen MR) is 99.6 cm³/mol. The zero-order chi connectivity index (χ0) is 15.4. The molecular formula is C16H21Cl2N5O. The topological polar surface area (TPSA) is 70.2 Å². The van der Waals surface area contributed by atoms with Gasteiger partial charge >= 0.3 is 0 Å². The molecule has 2 aromatic rings. The average Bonchev–Trinajstić information content (AvgIpc) is 2.56. The van der Waals surface area contributed by atoms with Crippen LogP contribution in [-0.2, 0) is 0 Å². The average molecular weight is 370 g/mol. The molecule has 1 amide bonds. The fourth-order valence-corrected chi connectivity index (χ4v) is 2.55. The summed E-state index contributed by atoms with van der Waals surface area (Å²) in [6.07, 6.45) is 4.89. The van der Waals surface area contributed by atoms with E-state index >= 15 is 0 Å². The SMILES string of the molecule is C[C@@H]1CNCCN1C(=O)c1cccc(Nc2cnccn2)c1.Cl.Cl. The largest absolute Gasteiger partial charge is 0.339 e. The van der Waals surface area contributed by atoms with E-state index < -0.39 is 0 Å². The molecule has 1 aromatic carbocycles. The number of nitrogens with one attached hydrogen (secondary N) is 2. The number of benzene rings is 1. The van der Waals surface area contributed by atoms with Crippen LogP contribution in [0.25, 0.3) is 0 Å². The lowest BCUT2D eigenvalue weighted by atomic mass is 10.1. The first-order chi connectivity index (χ1) is 10.7. The van der Waals surface area contributed by atoms with Crippen molar-refractivity contribution >= 4 is 42.2 Å². The van der Waals surface area contributed by atoms with Gasteiger partial charge in [-0.3, -0.25) is 9.78 Å². The standard InChI is InChI=1S/C16H19N5O.2ClH/c1-12-10-18-7-8-21(12)16(22)13-3-2-4-14(9-13)20-15-11-17-5-6-19-15;;/h2-6,9,11-12,18H,7-8,10H2,1H3,(H,19,20);2*1H/t12-;;/m1../s1. The van der Waals surface area contributed by atoms with Crippen molar-refractivity contribution in [1.82, 2.24) is 20.2 Å². The summed E-state index contributed by atoms with van der Waals surface area (Å²) in [5, 5.41) is 6.45. The van der Waals surface area contributed by atoms with Gasteiger partial charge in [0.2, 0.25) is 0 Å². The Morgan fingerprint density at radius 1 is 1.33 bits per heavy atom. The first-order valence-electron chi connectivity index (χ1n) is 7.39. The Labute approximate surface area is 153 Å². The Morgan fingerprint density at radius 3 is 2.88 bits per heavy atom. The van der Waals surface area contributed by atoms with E-state index in [0.29, 0.717) is 11.4 Å². The number of aromatic nitrogens is 2. The van der Waals surface area contributed by atoms with Gasteiger partial charge in [0.05, 0.1) is 6.20 Å². The number of hydrogen-bond donors (Lipinski definition) is 2. The van der Waals surface area contributed by atoms with Crippen molar-refractivity contribution in [2.75, 3.05) is 25.0 Å². The molecule has 0 aliphatic carbocycles. The summed E-state index contributed by atoms with van der Waals surface area (Å²) in [5.74, 6) is 0.722. The highest BCUT2D eigenvalue weighted by Gasteiger charge is 2.24. The highest BCUT2D eigenvalue weighted by atomic mass is 35.5.